The third-order valence-corrected chi connectivity index (χ3v) is 9.51. The third kappa shape index (κ3) is 3.51. The Labute approximate surface area is 176 Å². The number of amides is 1. The van der Waals surface area contributed by atoms with Crippen LogP contribution in [0.15, 0.2) is 22.4 Å². The quantitative estimate of drug-likeness (QED) is 0.742. The summed E-state index contributed by atoms with van der Waals surface area (Å²) in [6, 6.07) is 6.16. The molecule has 2 aliphatic heterocycles. The molecule has 29 heavy (non-hydrogen) atoms. The number of carbonyl (C=O) groups excluding carboxylic acids is 1. The molecule has 1 unspecified atom stereocenters. The van der Waals surface area contributed by atoms with Gasteiger partial charge >= 0.3 is 0 Å². The highest BCUT2D eigenvalue weighted by atomic mass is 32.2. The zero-order valence-corrected chi connectivity index (χ0v) is 19.0. The number of nitrogens with zero attached hydrogens (tertiary/aromatic N) is 3. The van der Waals surface area contributed by atoms with Crippen molar-refractivity contribution in [1.29, 1.82) is 0 Å². The standard InChI is InChI=1S/C21H27N3O3S2/c1-14-10-15(2)12-18(11-14)24-9-7-21(20(24)25)6-5-8-23(13-21)29(26,27)19-16(3)22-17(4)28-19/h10-12H,5-9,13H2,1-4H3. The number of benzene rings is 1. The normalized spacial score (nSPS) is 23.3. The Bertz CT molecular complexity index is 1060. The van der Waals surface area contributed by atoms with Crippen molar-refractivity contribution in [2.45, 2.75) is 51.2 Å². The maximum Gasteiger partial charge on any atom is 0.254 e. The van der Waals surface area contributed by atoms with E-state index in [0.717, 1.165) is 28.2 Å². The van der Waals surface area contributed by atoms with Crippen molar-refractivity contribution in [3.8, 4) is 0 Å². The predicted octanol–water partition coefficient (Wildman–Crippen LogP) is 3.58. The van der Waals surface area contributed by atoms with Crippen LogP contribution in [0.4, 0.5) is 5.69 Å². The Kier molecular flexibility index (Phi) is 5.07. The monoisotopic (exact) mass is 433 g/mol. The van der Waals surface area contributed by atoms with Crippen LogP contribution in [0.5, 0.6) is 0 Å². The third-order valence-electron chi connectivity index (χ3n) is 6.01. The number of piperidine rings is 1. The second-order valence-electron chi connectivity index (χ2n) is 8.38. The topological polar surface area (TPSA) is 70.6 Å². The summed E-state index contributed by atoms with van der Waals surface area (Å²) < 4.78 is 28.4. The average molecular weight is 434 g/mol. The van der Waals surface area contributed by atoms with Crippen molar-refractivity contribution in [3.05, 3.63) is 40.0 Å². The molecular weight excluding hydrogens is 406 g/mol. The van der Waals surface area contributed by atoms with Gasteiger partial charge in [0.05, 0.1) is 16.1 Å². The van der Waals surface area contributed by atoms with E-state index in [4.69, 9.17) is 0 Å². The summed E-state index contributed by atoms with van der Waals surface area (Å²) in [5, 5.41) is 0.741. The van der Waals surface area contributed by atoms with Crippen molar-refractivity contribution in [2.75, 3.05) is 24.5 Å². The molecule has 0 saturated carbocycles. The fraction of sp³-hybridized carbons (Fsp3) is 0.524. The Morgan fingerprint density at radius 1 is 1.03 bits per heavy atom. The first-order chi connectivity index (χ1) is 13.6. The highest BCUT2D eigenvalue weighted by Crippen LogP contribution is 2.43. The summed E-state index contributed by atoms with van der Waals surface area (Å²) in [7, 11) is -3.64. The molecule has 1 aromatic heterocycles. The van der Waals surface area contributed by atoms with Gasteiger partial charge in [0, 0.05) is 25.3 Å². The molecule has 0 N–H and O–H groups in total. The molecule has 2 aliphatic rings. The van der Waals surface area contributed by atoms with Crippen molar-refractivity contribution in [3.63, 3.8) is 0 Å². The van der Waals surface area contributed by atoms with Crippen LogP contribution in [0.25, 0.3) is 0 Å². The van der Waals surface area contributed by atoms with Gasteiger partial charge in [-0.15, -0.1) is 11.3 Å². The number of rotatable bonds is 3. The number of hydrogen-bond donors (Lipinski definition) is 0. The largest absolute Gasteiger partial charge is 0.312 e. The molecule has 6 nitrogen and oxygen atoms in total. The van der Waals surface area contributed by atoms with E-state index in [2.05, 4.69) is 11.1 Å². The van der Waals surface area contributed by atoms with Crippen LogP contribution >= 0.6 is 11.3 Å². The lowest BCUT2D eigenvalue weighted by Gasteiger charge is -2.38. The summed E-state index contributed by atoms with van der Waals surface area (Å²) in [6.07, 6.45) is 2.12. The van der Waals surface area contributed by atoms with E-state index in [0.29, 0.717) is 35.8 Å². The molecule has 2 aromatic rings. The molecule has 156 valence electrons. The lowest BCUT2D eigenvalue weighted by atomic mass is 9.79. The van der Waals surface area contributed by atoms with Crippen LogP contribution in [0.3, 0.4) is 0 Å². The summed E-state index contributed by atoms with van der Waals surface area (Å²) in [6.45, 7) is 8.95. The molecular formula is C21H27N3O3S2. The molecule has 1 aromatic carbocycles. The average Bonchev–Trinajstić information content (AvgIpc) is 3.14. The van der Waals surface area contributed by atoms with E-state index in [1.54, 1.807) is 6.92 Å². The number of sulfonamides is 1. The number of anilines is 1. The van der Waals surface area contributed by atoms with Gasteiger partial charge in [0.15, 0.2) is 4.21 Å². The van der Waals surface area contributed by atoms with E-state index >= 15 is 0 Å². The van der Waals surface area contributed by atoms with Crippen LogP contribution in [-0.2, 0) is 14.8 Å². The van der Waals surface area contributed by atoms with Gasteiger partial charge in [-0.1, -0.05) is 6.07 Å². The van der Waals surface area contributed by atoms with Crippen LogP contribution in [0.2, 0.25) is 0 Å². The predicted molar refractivity (Wildman–Crippen MR) is 115 cm³/mol. The Hall–Kier alpha value is -1.77. The molecule has 1 amide bonds. The smallest absolute Gasteiger partial charge is 0.254 e. The van der Waals surface area contributed by atoms with Gasteiger partial charge in [-0.3, -0.25) is 4.79 Å². The maximum absolute atomic E-state index is 13.5. The zero-order chi connectivity index (χ0) is 21.0. The zero-order valence-electron chi connectivity index (χ0n) is 17.4. The summed E-state index contributed by atoms with van der Waals surface area (Å²) in [5.74, 6) is 0.0552. The van der Waals surface area contributed by atoms with Crippen molar-refractivity contribution in [2.24, 2.45) is 5.41 Å². The Morgan fingerprint density at radius 2 is 1.72 bits per heavy atom. The van der Waals surface area contributed by atoms with Crippen molar-refractivity contribution < 1.29 is 13.2 Å². The fourth-order valence-corrected chi connectivity index (χ4v) is 7.90. The molecule has 3 heterocycles. The molecule has 2 fully saturated rings. The molecule has 1 atom stereocenters. The number of aromatic nitrogens is 1. The minimum Gasteiger partial charge on any atom is -0.312 e. The molecule has 0 bridgehead atoms. The molecule has 4 rings (SSSR count). The van der Waals surface area contributed by atoms with E-state index in [1.165, 1.54) is 15.6 Å². The van der Waals surface area contributed by atoms with Gasteiger partial charge < -0.3 is 4.90 Å². The second kappa shape index (κ2) is 7.18. The molecule has 2 saturated heterocycles. The lowest BCUT2D eigenvalue weighted by molar-refractivity contribution is -0.127. The summed E-state index contributed by atoms with van der Waals surface area (Å²) in [4.78, 5) is 19.6. The van der Waals surface area contributed by atoms with E-state index < -0.39 is 15.4 Å². The fourth-order valence-electron chi connectivity index (χ4n) is 4.72. The van der Waals surface area contributed by atoms with E-state index in [-0.39, 0.29) is 12.5 Å². The first kappa shape index (κ1) is 20.5. The maximum atomic E-state index is 13.5. The minimum atomic E-state index is -3.64. The van der Waals surface area contributed by atoms with Gasteiger partial charge in [-0.05, 0) is 70.2 Å². The summed E-state index contributed by atoms with van der Waals surface area (Å²) >= 11 is 1.21. The Balaban J connectivity index is 1.62. The van der Waals surface area contributed by atoms with Gasteiger partial charge in [0.25, 0.3) is 10.0 Å². The number of carbonyl (C=O) groups is 1. The highest BCUT2D eigenvalue weighted by Gasteiger charge is 2.51. The van der Waals surface area contributed by atoms with Gasteiger partial charge in [-0.25, -0.2) is 13.4 Å². The number of hydrogen-bond acceptors (Lipinski definition) is 5. The van der Waals surface area contributed by atoms with Crippen molar-refractivity contribution >= 4 is 33.0 Å². The van der Waals surface area contributed by atoms with Crippen LogP contribution in [0.1, 0.15) is 41.1 Å². The van der Waals surface area contributed by atoms with Gasteiger partial charge in [0.2, 0.25) is 5.91 Å². The van der Waals surface area contributed by atoms with Crippen LogP contribution < -0.4 is 4.90 Å². The van der Waals surface area contributed by atoms with Gasteiger partial charge in [-0.2, -0.15) is 4.31 Å². The van der Waals surface area contributed by atoms with Crippen LogP contribution in [0, 0.1) is 33.1 Å². The molecule has 0 aliphatic carbocycles. The van der Waals surface area contributed by atoms with Crippen LogP contribution in [-0.4, -0.2) is 43.2 Å². The minimum absolute atomic E-state index is 0.0552. The lowest BCUT2D eigenvalue weighted by Crippen LogP contribution is -2.49. The van der Waals surface area contributed by atoms with E-state index in [9.17, 15) is 13.2 Å². The molecule has 0 radical (unpaired) electrons. The van der Waals surface area contributed by atoms with Gasteiger partial charge in [0.1, 0.15) is 0 Å². The highest BCUT2D eigenvalue weighted by molar-refractivity contribution is 7.91. The SMILES string of the molecule is Cc1cc(C)cc(N2CCC3(CCCN(S(=O)(=O)c4sc(C)nc4C)C3)C2=O)c1. The summed E-state index contributed by atoms with van der Waals surface area (Å²) in [5.41, 5.74) is 3.08. The van der Waals surface area contributed by atoms with E-state index in [1.807, 2.05) is 37.8 Å². The molecule has 8 heteroatoms. The Morgan fingerprint density at radius 3 is 2.34 bits per heavy atom. The molecule has 1 spiro atoms. The first-order valence-corrected chi connectivity index (χ1v) is 12.2. The first-order valence-electron chi connectivity index (χ1n) is 9.97. The second-order valence-corrected chi connectivity index (χ2v) is 11.7. The van der Waals surface area contributed by atoms with Crippen molar-refractivity contribution in [1.82, 2.24) is 9.29 Å². The number of thiazole rings is 1. The number of aryl methyl sites for hydroxylation is 4.